The Hall–Kier alpha value is -1.76. The van der Waals surface area contributed by atoms with Crippen LogP contribution in [0.25, 0.3) is 0 Å². The number of oxime groups is 1. The number of hydrogen-bond donors (Lipinski definition) is 3. The molecule has 0 bridgehead atoms. The molecule has 0 spiro atoms. The maximum Gasteiger partial charge on any atom is 0.400 e. The van der Waals surface area contributed by atoms with E-state index in [9.17, 15) is 13.2 Å². The predicted octanol–water partition coefficient (Wildman–Crippen LogP) is 2.06. The van der Waals surface area contributed by atoms with Crippen molar-refractivity contribution in [3.63, 3.8) is 0 Å². The first kappa shape index (κ1) is 14.6. The largest absolute Gasteiger partial charge is 0.409 e. The molecule has 1 aliphatic rings. The first-order valence-corrected chi connectivity index (χ1v) is 6.26. The predicted molar refractivity (Wildman–Crippen MR) is 68.5 cm³/mol. The van der Waals surface area contributed by atoms with Gasteiger partial charge in [-0.15, -0.1) is 0 Å². The van der Waals surface area contributed by atoms with Crippen molar-refractivity contribution < 1.29 is 18.4 Å². The van der Waals surface area contributed by atoms with Crippen LogP contribution in [-0.2, 0) is 0 Å². The molecule has 1 aromatic carbocycles. The van der Waals surface area contributed by atoms with E-state index in [4.69, 9.17) is 10.9 Å². The first-order chi connectivity index (χ1) is 9.43. The molecule has 3 unspecified atom stereocenters. The standard InChI is InChI=1S/C13H16F3N3O/c14-13(15,16)10(12(17)19-20)7-18-11-6-9(11)8-4-2-1-3-5-8/h1-5,9-11,18,20H,6-7H2,(H2,17,19). The van der Waals surface area contributed by atoms with E-state index in [2.05, 4.69) is 10.5 Å². The average molecular weight is 287 g/mol. The van der Waals surface area contributed by atoms with Crippen LogP contribution in [0.4, 0.5) is 13.2 Å². The summed E-state index contributed by atoms with van der Waals surface area (Å²) in [6.45, 7) is -0.382. The number of hydrogen-bond acceptors (Lipinski definition) is 3. The fourth-order valence-corrected chi connectivity index (χ4v) is 2.22. The number of nitrogens with zero attached hydrogens (tertiary/aromatic N) is 1. The lowest BCUT2D eigenvalue weighted by Gasteiger charge is -2.19. The fraction of sp³-hybridized carbons (Fsp3) is 0.462. The molecular weight excluding hydrogens is 271 g/mol. The van der Waals surface area contributed by atoms with Gasteiger partial charge < -0.3 is 16.3 Å². The molecule has 1 fully saturated rings. The maximum absolute atomic E-state index is 12.7. The van der Waals surface area contributed by atoms with Crippen LogP contribution in [-0.4, -0.2) is 29.8 Å². The lowest BCUT2D eigenvalue weighted by Crippen LogP contribution is -2.43. The third-order valence-electron chi connectivity index (χ3n) is 3.47. The van der Waals surface area contributed by atoms with Gasteiger partial charge in [-0.25, -0.2) is 0 Å². The van der Waals surface area contributed by atoms with E-state index in [0.29, 0.717) is 0 Å². The van der Waals surface area contributed by atoms with Crippen LogP contribution in [0.2, 0.25) is 0 Å². The van der Waals surface area contributed by atoms with Crippen LogP contribution in [0.1, 0.15) is 17.9 Å². The fourth-order valence-electron chi connectivity index (χ4n) is 2.22. The SMILES string of the molecule is N/C(=N/O)C(CNC1CC1c1ccccc1)C(F)(F)F. The zero-order valence-electron chi connectivity index (χ0n) is 10.6. The number of rotatable bonds is 5. The Balaban J connectivity index is 1.90. The van der Waals surface area contributed by atoms with Crippen LogP contribution in [0, 0.1) is 5.92 Å². The number of benzene rings is 1. The molecular formula is C13H16F3N3O. The van der Waals surface area contributed by atoms with Gasteiger partial charge >= 0.3 is 6.18 Å². The molecule has 110 valence electrons. The minimum atomic E-state index is -4.53. The zero-order chi connectivity index (χ0) is 14.8. The van der Waals surface area contributed by atoms with Crippen molar-refractivity contribution in [1.29, 1.82) is 0 Å². The molecule has 7 heteroatoms. The summed E-state index contributed by atoms with van der Waals surface area (Å²) >= 11 is 0. The van der Waals surface area contributed by atoms with Crippen molar-refractivity contribution in [2.75, 3.05) is 6.54 Å². The van der Waals surface area contributed by atoms with E-state index in [1.807, 2.05) is 30.3 Å². The normalized spacial score (nSPS) is 24.4. The summed E-state index contributed by atoms with van der Waals surface area (Å²) in [5.41, 5.74) is 6.20. The quantitative estimate of drug-likeness (QED) is 0.336. The second-order valence-electron chi connectivity index (χ2n) is 4.89. The summed E-state index contributed by atoms with van der Waals surface area (Å²) in [7, 11) is 0. The molecule has 0 aromatic heterocycles. The van der Waals surface area contributed by atoms with E-state index in [-0.39, 0.29) is 18.5 Å². The van der Waals surface area contributed by atoms with Crippen molar-refractivity contribution in [1.82, 2.24) is 5.32 Å². The topological polar surface area (TPSA) is 70.6 Å². The summed E-state index contributed by atoms with van der Waals surface area (Å²) in [6, 6.07) is 9.62. The summed E-state index contributed by atoms with van der Waals surface area (Å²) in [4.78, 5) is 0. The third-order valence-corrected chi connectivity index (χ3v) is 3.47. The molecule has 2 rings (SSSR count). The second kappa shape index (κ2) is 5.70. The highest BCUT2D eigenvalue weighted by Crippen LogP contribution is 2.41. The lowest BCUT2D eigenvalue weighted by molar-refractivity contribution is -0.154. The van der Waals surface area contributed by atoms with Crippen molar-refractivity contribution in [2.24, 2.45) is 16.8 Å². The van der Waals surface area contributed by atoms with Crippen LogP contribution < -0.4 is 11.1 Å². The van der Waals surface area contributed by atoms with Crippen LogP contribution >= 0.6 is 0 Å². The molecule has 3 atom stereocenters. The van der Waals surface area contributed by atoms with E-state index in [1.54, 1.807) is 0 Å². The summed E-state index contributed by atoms with van der Waals surface area (Å²) < 4.78 is 38.2. The molecule has 4 nitrogen and oxygen atoms in total. The monoisotopic (exact) mass is 287 g/mol. The van der Waals surface area contributed by atoms with Gasteiger partial charge in [-0.2, -0.15) is 13.2 Å². The zero-order valence-corrected chi connectivity index (χ0v) is 10.6. The molecule has 0 amide bonds. The van der Waals surface area contributed by atoms with Gasteiger partial charge in [-0.05, 0) is 12.0 Å². The van der Waals surface area contributed by atoms with Crippen molar-refractivity contribution in [3.8, 4) is 0 Å². The van der Waals surface area contributed by atoms with E-state index in [1.165, 1.54) is 0 Å². The Kier molecular flexibility index (Phi) is 4.17. The van der Waals surface area contributed by atoms with E-state index >= 15 is 0 Å². The highest BCUT2D eigenvalue weighted by atomic mass is 19.4. The van der Waals surface area contributed by atoms with Gasteiger partial charge in [0.05, 0.1) is 0 Å². The summed E-state index contributed by atoms with van der Waals surface area (Å²) in [5.74, 6) is -2.55. The van der Waals surface area contributed by atoms with Gasteiger partial charge in [0, 0.05) is 18.5 Å². The van der Waals surface area contributed by atoms with Gasteiger partial charge in [0.15, 0.2) is 5.84 Å². The molecule has 4 N–H and O–H groups in total. The molecule has 20 heavy (non-hydrogen) atoms. The van der Waals surface area contributed by atoms with Crippen molar-refractivity contribution in [3.05, 3.63) is 35.9 Å². The Morgan fingerprint density at radius 2 is 2.05 bits per heavy atom. The maximum atomic E-state index is 12.7. The molecule has 0 heterocycles. The molecule has 0 saturated heterocycles. The minimum Gasteiger partial charge on any atom is -0.409 e. The second-order valence-corrected chi connectivity index (χ2v) is 4.89. The van der Waals surface area contributed by atoms with E-state index in [0.717, 1.165) is 12.0 Å². The third kappa shape index (κ3) is 3.41. The highest BCUT2D eigenvalue weighted by Gasteiger charge is 2.45. The average Bonchev–Trinajstić information content (AvgIpc) is 3.17. The Morgan fingerprint density at radius 3 is 2.60 bits per heavy atom. The molecule has 1 aromatic rings. The molecule has 0 radical (unpaired) electrons. The van der Waals surface area contributed by atoms with Crippen LogP contribution in [0.15, 0.2) is 35.5 Å². The van der Waals surface area contributed by atoms with Gasteiger partial charge in [-0.3, -0.25) is 0 Å². The van der Waals surface area contributed by atoms with Gasteiger partial charge in [0.1, 0.15) is 5.92 Å². The highest BCUT2D eigenvalue weighted by molar-refractivity contribution is 5.83. The Morgan fingerprint density at radius 1 is 1.40 bits per heavy atom. The smallest absolute Gasteiger partial charge is 0.400 e. The van der Waals surface area contributed by atoms with E-state index < -0.39 is 17.9 Å². The number of amidine groups is 1. The number of halogens is 3. The van der Waals surface area contributed by atoms with Crippen LogP contribution in [0.3, 0.4) is 0 Å². The lowest BCUT2D eigenvalue weighted by atomic mass is 10.1. The molecule has 1 saturated carbocycles. The number of nitrogens with one attached hydrogen (secondary N) is 1. The van der Waals surface area contributed by atoms with Crippen molar-refractivity contribution in [2.45, 2.75) is 24.6 Å². The molecule has 1 aliphatic carbocycles. The minimum absolute atomic E-state index is 0.00810. The summed E-state index contributed by atoms with van der Waals surface area (Å²) in [5, 5.41) is 13.7. The van der Waals surface area contributed by atoms with Crippen LogP contribution in [0.5, 0.6) is 0 Å². The van der Waals surface area contributed by atoms with Gasteiger partial charge in [-0.1, -0.05) is 35.5 Å². The first-order valence-electron chi connectivity index (χ1n) is 6.26. The number of alkyl halides is 3. The number of nitrogens with two attached hydrogens (primary N) is 1. The van der Waals surface area contributed by atoms with Crippen molar-refractivity contribution >= 4 is 5.84 Å². The summed E-state index contributed by atoms with van der Waals surface area (Å²) in [6.07, 6.45) is -3.73. The van der Waals surface area contributed by atoms with Gasteiger partial charge in [0.25, 0.3) is 0 Å². The molecule has 0 aliphatic heterocycles. The Labute approximate surface area is 114 Å². The Bertz CT molecular complexity index is 475. The van der Waals surface area contributed by atoms with Gasteiger partial charge in [0.2, 0.25) is 0 Å².